The Labute approximate surface area is 190 Å². The van der Waals surface area contributed by atoms with E-state index in [1.807, 2.05) is 23.7 Å². The fraction of sp³-hybridized carbons (Fsp3) is 0.182. The number of hydrazone groups is 1. The van der Waals surface area contributed by atoms with Crippen molar-refractivity contribution in [1.82, 2.24) is 9.62 Å². The summed E-state index contributed by atoms with van der Waals surface area (Å²) in [5, 5.41) is 5.47. The van der Waals surface area contributed by atoms with Crippen LogP contribution in [0.5, 0.6) is 0 Å². The van der Waals surface area contributed by atoms with Crippen LogP contribution in [-0.2, 0) is 24.4 Å². The molecule has 0 aromatic heterocycles. The number of amides is 3. The minimum atomic E-state index is -3.82. The van der Waals surface area contributed by atoms with Gasteiger partial charge in [0.25, 0.3) is 17.7 Å². The summed E-state index contributed by atoms with van der Waals surface area (Å²) in [5.74, 6) is -2.03. The Kier molecular flexibility index (Phi) is 5.50. The summed E-state index contributed by atoms with van der Waals surface area (Å²) < 4.78 is 24.7. The van der Waals surface area contributed by atoms with E-state index < -0.39 is 34.3 Å². The first-order chi connectivity index (χ1) is 15.6. The summed E-state index contributed by atoms with van der Waals surface area (Å²) >= 11 is 0. The number of anilines is 2. The highest BCUT2D eigenvalue weighted by atomic mass is 32.2. The molecule has 0 aliphatic carbocycles. The monoisotopic (exact) mass is 467 g/mol. The number of benzene rings is 2. The van der Waals surface area contributed by atoms with Gasteiger partial charge in [0.2, 0.25) is 10.0 Å². The number of fused-ring (bicyclic) bond motifs is 1. The maximum Gasteiger partial charge on any atom is 0.283 e. The van der Waals surface area contributed by atoms with Crippen LogP contribution in [0.3, 0.4) is 0 Å². The second-order valence-corrected chi connectivity index (χ2v) is 9.50. The van der Waals surface area contributed by atoms with Crippen molar-refractivity contribution in [2.75, 3.05) is 36.8 Å². The normalized spacial score (nSPS) is 15.7. The molecule has 2 aliphatic heterocycles. The van der Waals surface area contributed by atoms with Crippen LogP contribution in [0.4, 0.5) is 11.4 Å². The topological polar surface area (TPSA) is 119 Å². The Morgan fingerprint density at radius 3 is 2.18 bits per heavy atom. The summed E-state index contributed by atoms with van der Waals surface area (Å²) in [6.45, 7) is -0.608. The van der Waals surface area contributed by atoms with Crippen LogP contribution in [0.1, 0.15) is 5.56 Å². The van der Waals surface area contributed by atoms with Crippen molar-refractivity contribution in [2.24, 2.45) is 5.10 Å². The molecule has 0 saturated heterocycles. The van der Waals surface area contributed by atoms with Crippen LogP contribution >= 0.6 is 0 Å². The van der Waals surface area contributed by atoms with Gasteiger partial charge in [-0.25, -0.2) is 8.42 Å². The third kappa shape index (κ3) is 4.22. The minimum Gasteiger partial charge on any atom is -0.378 e. The molecule has 0 spiro atoms. The predicted molar refractivity (Wildman–Crippen MR) is 124 cm³/mol. The van der Waals surface area contributed by atoms with Gasteiger partial charge >= 0.3 is 0 Å². The zero-order chi connectivity index (χ0) is 23.9. The van der Waals surface area contributed by atoms with Gasteiger partial charge in [0, 0.05) is 19.8 Å². The molecule has 2 aromatic carbocycles. The lowest BCUT2D eigenvalue weighted by atomic mass is 10.0. The van der Waals surface area contributed by atoms with E-state index in [4.69, 9.17) is 0 Å². The Morgan fingerprint density at radius 2 is 1.61 bits per heavy atom. The van der Waals surface area contributed by atoms with Gasteiger partial charge in [-0.05, 0) is 29.8 Å². The van der Waals surface area contributed by atoms with E-state index in [0.717, 1.165) is 21.9 Å². The largest absolute Gasteiger partial charge is 0.378 e. The highest BCUT2D eigenvalue weighted by molar-refractivity contribution is 7.89. The minimum absolute atomic E-state index is 0.00388. The summed E-state index contributed by atoms with van der Waals surface area (Å²) in [7, 11) is -0.0653. The van der Waals surface area contributed by atoms with Crippen molar-refractivity contribution < 1.29 is 22.8 Å². The Hall–Kier alpha value is -3.99. The Balaban J connectivity index is 1.78. The standard InChI is InChI=1S/C22H21N5O5S/c1-25(2)15-11-9-14(10-12-15)18-19-20(23-27(22(19)30)16-7-5-4-6-8-16)26(21(18)29)13-17(28)24-33(3,31)32/h4-12H,13H2,1-3H3,(H,24,28). The lowest BCUT2D eigenvalue weighted by Gasteiger charge is -2.18. The second-order valence-electron chi connectivity index (χ2n) is 7.76. The quantitative estimate of drug-likeness (QED) is 0.671. The molecule has 11 heteroatoms. The summed E-state index contributed by atoms with van der Waals surface area (Å²) in [5.41, 5.74) is 2.05. The predicted octanol–water partition coefficient (Wildman–Crippen LogP) is 0.785. The molecular formula is C22H21N5O5S. The highest BCUT2D eigenvalue weighted by Gasteiger charge is 2.47. The van der Waals surface area contributed by atoms with Crippen molar-refractivity contribution in [3.63, 3.8) is 0 Å². The van der Waals surface area contributed by atoms with Gasteiger partial charge in [0.05, 0.1) is 23.1 Å². The third-order valence-electron chi connectivity index (χ3n) is 5.06. The molecule has 10 nitrogen and oxygen atoms in total. The van der Waals surface area contributed by atoms with Gasteiger partial charge in [-0.2, -0.15) is 5.01 Å². The SMILES string of the molecule is CN(C)c1ccc(C2=C3C(=O)N(c4ccccc4)N=C3N(CC(=O)NS(C)(=O)=O)C2=O)cc1. The van der Waals surface area contributed by atoms with E-state index in [2.05, 4.69) is 5.10 Å². The van der Waals surface area contributed by atoms with Gasteiger partial charge in [0.15, 0.2) is 5.84 Å². The van der Waals surface area contributed by atoms with Gasteiger partial charge in [-0.15, -0.1) is 5.10 Å². The van der Waals surface area contributed by atoms with E-state index in [-0.39, 0.29) is 17.0 Å². The molecule has 1 N–H and O–H groups in total. The van der Waals surface area contributed by atoms with Crippen LogP contribution < -0.4 is 14.6 Å². The smallest absolute Gasteiger partial charge is 0.283 e. The first-order valence-electron chi connectivity index (χ1n) is 9.90. The Bertz CT molecular complexity index is 1310. The van der Waals surface area contributed by atoms with Crippen LogP contribution in [0.2, 0.25) is 0 Å². The number of amidine groups is 1. The molecule has 2 aliphatic rings. The number of nitrogens with zero attached hydrogens (tertiary/aromatic N) is 4. The van der Waals surface area contributed by atoms with E-state index in [9.17, 15) is 22.8 Å². The van der Waals surface area contributed by atoms with Crippen molar-refractivity contribution in [3.05, 3.63) is 65.7 Å². The van der Waals surface area contributed by atoms with Gasteiger partial charge in [0.1, 0.15) is 6.54 Å². The fourth-order valence-corrected chi connectivity index (χ4v) is 4.08. The Morgan fingerprint density at radius 1 is 0.970 bits per heavy atom. The second kappa shape index (κ2) is 8.17. The van der Waals surface area contributed by atoms with Crippen LogP contribution in [0, 0.1) is 0 Å². The van der Waals surface area contributed by atoms with E-state index in [1.165, 1.54) is 0 Å². The number of para-hydroxylation sites is 1. The number of hydrogen-bond acceptors (Lipinski definition) is 7. The molecule has 0 radical (unpaired) electrons. The molecule has 0 saturated carbocycles. The summed E-state index contributed by atoms with van der Waals surface area (Å²) in [4.78, 5) is 41.8. The zero-order valence-electron chi connectivity index (χ0n) is 18.1. The third-order valence-corrected chi connectivity index (χ3v) is 5.66. The van der Waals surface area contributed by atoms with Crippen LogP contribution in [0.25, 0.3) is 5.57 Å². The first kappa shape index (κ1) is 22.2. The lowest BCUT2D eigenvalue weighted by Crippen LogP contribution is -2.42. The maximum absolute atomic E-state index is 13.3. The molecule has 0 bridgehead atoms. The molecule has 0 unspecified atom stereocenters. The van der Waals surface area contributed by atoms with Crippen molar-refractivity contribution in [1.29, 1.82) is 0 Å². The zero-order valence-corrected chi connectivity index (χ0v) is 19.0. The number of nitrogens with one attached hydrogen (secondary N) is 1. The van der Waals surface area contributed by atoms with Crippen molar-refractivity contribution in [2.45, 2.75) is 0 Å². The number of carbonyl (C=O) groups is 3. The number of hydrogen-bond donors (Lipinski definition) is 1. The van der Waals surface area contributed by atoms with E-state index in [1.54, 1.807) is 54.6 Å². The maximum atomic E-state index is 13.3. The summed E-state index contributed by atoms with van der Waals surface area (Å²) in [6, 6.07) is 15.7. The molecule has 0 atom stereocenters. The molecular weight excluding hydrogens is 446 g/mol. The number of sulfonamides is 1. The highest BCUT2D eigenvalue weighted by Crippen LogP contribution is 2.37. The van der Waals surface area contributed by atoms with Gasteiger partial charge in [-0.1, -0.05) is 30.3 Å². The van der Waals surface area contributed by atoms with E-state index >= 15 is 0 Å². The van der Waals surface area contributed by atoms with Crippen molar-refractivity contribution >= 4 is 50.5 Å². The van der Waals surface area contributed by atoms with Crippen LogP contribution in [0.15, 0.2) is 65.3 Å². The molecule has 33 heavy (non-hydrogen) atoms. The number of carbonyl (C=O) groups excluding carboxylic acids is 3. The molecule has 3 amide bonds. The summed E-state index contributed by atoms with van der Waals surface area (Å²) in [6.07, 6.45) is 0.839. The van der Waals surface area contributed by atoms with Crippen LogP contribution in [-0.4, -0.2) is 63.8 Å². The fourth-order valence-electron chi connectivity index (χ4n) is 3.61. The lowest BCUT2D eigenvalue weighted by molar-refractivity contribution is -0.127. The molecule has 0 fully saturated rings. The van der Waals surface area contributed by atoms with Gasteiger partial charge < -0.3 is 4.90 Å². The molecule has 4 rings (SSSR count). The van der Waals surface area contributed by atoms with Crippen molar-refractivity contribution in [3.8, 4) is 0 Å². The average molecular weight is 468 g/mol. The first-order valence-corrected chi connectivity index (χ1v) is 11.8. The molecule has 2 aromatic rings. The van der Waals surface area contributed by atoms with Gasteiger partial charge in [-0.3, -0.25) is 24.0 Å². The van der Waals surface area contributed by atoms with E-state index in [0.29, 0.717) is 11.3 Å². The molecule has 170 valence electrons. The number of rotatable bonds is 6. The average Bonchev–Trinajstić information content (AvgIpc) is 3.22. The molecule has 2 heterocycles.